The molecule has 0 aromatic carbocycles. The molecule has 0 aromatic heterocycles. The van der Waals surface area contributed by atoms with Gasteiger partial charge in [0.25, 0.3) is 0 Å². The highest BCUT2D eigenvalue weighted by Gasteiger charge is 2.25. The van der Waals surface area contributed by atoms with Gasteiger partial charge in [0, 0.05) is 0 Å². The summed E-state index contributed by atoms with van der Waals surface area (Å²) in [6.07, 6.45) is 13.6. The zero-order chi connectivity index (χ0) is 12.7. The van der Waals surface area contributed by atoms with E-state index in [4.69, 9.17) is 4.74 Å². The highest BCUT2D eigenvalue weighted by molar-refractivity contribution is 5.25. The number of ether oxygens (including phenoxy) is 1. The average Bonchev–Trinajstić information content (AvgIpc) is 2.28. The molecule has 98 valence electrons. The Morgan fingerprint density at radius 2 is 1.82 bits per heavy atom. The summed E-state index contributed by atoms with van der Waals surface area (Å²) in [6, 6.07) is 0. The predicted octanol–water partition coefficient (Wildman–Crippen LogP) is 5.03. The van der Waals surface area contributed by atoms with E-state index < -0.39 is 0 Å². The molecule has 0 bridgehead atoms. The second-order valence-corrected chi connectivity index (χ2v) is 5.67. The number of unbranched alkanes of at least 4 members (excludes halogenated alkanes) is 5. The first-order valence-electron chi connectivity index (χ1n) is 7.11. The molecule has 0 amide bonds. The van der Waals surface area contributed by atoms with Crippen LogP contribution in [0, 0.1) is 0 Å². The first-order valence-corrected chi connectivity index (χ1v) is 7.11. The second-order valence-electron chi connectivity index (χ2n) is 5.67. The van der Waals surface area contributed by atoms with E-state index in [0.29, 0.717) is 0 Å². The van der Waals surface area contributed by atoms with E-state index in [1.165, 1.54) is 38.5 Å². The van der Waals surface area contributed by atoms with Gasteiger partial charge >= 0.3 is 0 Å². The maximum Gasteiger partial charge on any atom is 0.0830 e. The molecule has 0 spiro atoms. The Labute approximate surface area is 107 Å². The lowest BCUT2D eigenvalue weighted by atomic mass is 9.96. The summed E-state index contributed by atoms with van der Waals surface area (Å²) in [4.78, 5) is 0. The van der Waals surface area contributed by atoms with Gasteiger partial charge in [0.15, 0.2) is 0 Å². The largest absolute Gasteiger partial charge is 0.364 e. The maximum absolute atomic E-state index is 6.03. The molecule has 0 N–H and O–H groups in total. The van der Waals surface area contributed by atoms with Crippen LogP contribution in [0.25, 0.3) is 0 Å². The van der Waals surface area contributed by atoms with Crippen LogP contribution in [-0.2, 0) is 4.74 Å². The van der Waals surface area contributed by atoms with Gasteiger partial charge in [-0.05, 0) is 25.8 Å². The standard InChI is InChI=1S/C16H28O/c1-5-6-7-8-9-10-11-15-14(2)12-13-16(3,4)17-15/h12-13,15H,2,5-11H2,1,3-4H3. The summed E-state index contributed by atoms with van der Waals surface area (Å²) in [7, 11) is 0. The van der Waals surface area contributed by atoms with Crippen LogP contribution in [0.3, 0.4) is 0 Å². The molecule has 0 saturated heterocycles. The third kappa shape index (κ3) is 5.54. The minimum Gasteiger partial charge on any atom is -0.364 e. The third-order valence-electron chi connectivity index (χ3n) is 3.38. The average molecular weight is 236 g/mol. The number of hydrogen-bond acceptors (Lipinski definition) is 1. The summed E-state index contributed by atoms with van der Waals surface area (Å²) < 4.78 is 6.03. The summed E-state index contributed by atoms with van der Waals surface area (Å²) in [5, 5.41) is 0. The van der Waals surface area contributed by atoms with E-state index in [1.807, 2.05) is 0 Å². The molecule has 0 radical (unpaired) electrons. The van der Waals surface area contributed by atoms with Gasteiger partial charge in [-0.15, -0.1) is 0 Å². The molecule has 1 heteroatoms. The Morgan fingerprint density at radius 3 is 2.53 bits per heavy atom. The van der Waals surface area contributed by atoms with Gasteiger partial charge in [0.05, 0.1) is 11.7 Å². The SMILES string of the molecule is C=C1C=CC(C)(C)OC1CCCCCCCC. The van der Waals surface area contributed by atoms with Crippen molar-refractivity contribution in [1.82, 2.24) is 0 Å². The van der Waals surface area contributed by atoms with Gasteiger partial charge in [-0.25, -0.2) is 0 Å². The van der Waals surface area contributed by atoms with Crippen molar-refractivity contribution in [3.63, 3.8) is 0 Å². The molecule has 0 aliphatic carbocycles. The van der Waals surface area contributed by atoms with E-state index in [9.17, 15) is 0 Å². The van der Waals surface area contributed by atoms with Crippen LogP contribution in [-0.4, -0.2) is 11.7 Å². The summed E-state index contributed by atoms with van der Waals surface area (Å²) in [6.45, 7) is 10.6. The highest BCUT2D eigenvalue weighted by atomic mass is 16.5. The molecule has 1 aliphatic heterocycles. The molecule has 1 nitrogen and oxygen atoms in total. The van der Waals surface area contributed by atoms with Crippen LogP contribution in [0.5, 0.6) is 0 Å². The molecule has 1 rings (SSSR count). The highest BCUT2D eigenvalue weighted by Crippen LogP contribution is 2.27. The van der Waals surface area contributed by atoms with Gasteiger partial charge in [-0.3, -0.25) is 0 Å². The third-order valence-corrected chi connectivity index (χ3v) is 3.38. The lowest BCUT2D eigenvalue weighted by molar-refractivity contribution is -0.0320. The van der Waals surface area contributed by atoms with Crippen LogP contribution in [0.15, 0.2) is 24.3 Å². The Morgan fingerprint density at radius 1 is 1.18 bits per heavy atom. The maximum atomic E-state index is 6.03. The predicted molar refractivity (Wildman–Crippen MR) is 75.2 cm³/mol. The molecule has 17 heavy (non-hydrogen) atoms. The van der Waals surface area contributed by atoms with E-state index in [-0.39, 0.29) is 11.7 Å². The molecule has 0 aromatic rings. The van der Waals surface area contributed by atoms with Crippen molar-refractivity contribution in [2.75, 3.05) is 0 Å². The molecule has 0 fully saturated rings. The Kier molecular flexibility index (Phi) is 5.97. The van der Waals surface area contributed by atoms with Gasteiger partial charge in [0.2, 0.25) is 0 Å². The zero-order valence-corrected chi connectivity index (χ0v) is 11.8. The Balaban J connectivity index is 2.19. The van der Waals surface area contributed by atoms with Crippen molar-refractivity contribution >= 4 is 0 Å². The fourth-order valence-electron chi connectivity index (χ4n) is 2.25. The van der Waals surface area contributed by atoms with Crippen LogP contribution >= 0.6 is 0 Å². The van der Waals surface area contributed by atoms with Crippen LogP contribution in [0.4, 0.5) is 0 Å². The van der Waals surface area contributed by atoms with Crippen LogP contribution in [0.1, 0.15) is 65.7 Å². The van der Waals surface area contributed by atoms with Crippen molar-refractivity contribution in [2.24, 2.45) is 0 Å². The fraction of sp³-hybridized carbons (Fsp3) is 0.750. The van der Waals surface area contributed by atoms with Crippen molar-refractivity contribution in [3.05, 3.63) is 24.3 Å². The lowest BCUT2D eigenvalue weighted by Crippen LogP contribution is -2.32. The number of rotatable bonds is 7. The summed E-state index contributed by atoms with van der Waals surface area (Å²) in [5.74, 6) is 0. The summed E-state index contributed by atoms with van der Waals surface area (Å²) >= 11 is 0. The first kappa shape index (κ1) is 14.5. The minimum absolute atomic E-state index is 0.117. The molecular weight excluding hydrogens is 208 g/mol. The first-order chi connectivity index (χ1) is 8.05. The van der Waals surface area contributed by atoms with Gasteiger partial charge in [-0.2, -0.15) is 0 Å². The van der Waals surface area contributed by atoms with E-state index >= 15 is 0 Å². The Bertz CT molecular complexity index is 263. The molecule has 0 saturated carbocycles. The van der Waals surface area contributed by atoms with Crippen molar-refractivity contribution in [2.45, 2.75) is 77.4 Å². The molecule has 1 unspecified atom stereocenters. The second kappa shape index (κ2) is 7.00. The normalized spacial score (nSPS) is 23.0. The fourth-order valence-corrected chi connectivity index (χ4v) is 2.25. The summed E-state index contributed by atoms with van der Waals surface area (Å²) in [5.41, 5.74) is 1.02. The van der Waals surface area contributed by atoms with Crippen molar-refractivity contribution in [3.8, 4) is 0 Å². The van der Waals surface area contributed by atoms with Crippen LogP contribution in [0.2, 0.25) is 0 Å². The quantitative estimate of drug-likeness (QED) is 0.563. The zero-order valence-electron chi connectivity index (χ0n) is 11.8. The minimum atomic E-state index is -0.117. The van der Waals surface area contributed by atoms with Gasteiger partial charge in [0.1, 0.15) is 0 Å². The van der Waals surface area contributed by atoms with Crippen molar-refractivity contribution in [1.29, 1.82) is 0 Å². The molecule has 1 atom stereocenters. The monoisotopic (exact) mass is 236 g/mol. The molecular formula is C16H28O. The molecule has 1 aliphatic rings. The molecule has 1 heterocycles. The lowest BCUT2D eigenvalue weighted by Gasteiger charge is -2.33. The van der Waals surface area contributed by atoms with E-state index in [2.05, 4.69) is 39.5 Å². The van der Waals surface area contributed by atoms with E-state index in [1.54, 1.807) is 0 Å². The Hall–Kier alpha value is -0.560. The van der Waals surface area contributed by atoms with Crippen LogP contribution < -0.4 is 0 Å². The smallest absolute Gasteiger partial charge is 0.0830 e. The van der Waals surface area contributed by atoms with Gasteiger partial charge in [-0.1, -0.05) is 64.2 Å². The topological polar surface area (TPSA) is 9.23 Å². The van der Waals surface area contributed by atoms with E-state index in [0.717, 1.165) is 12.0 Å². The van der Waals surface area contributed by atoms with Gasteiger partial charge < -0.3 is 4.74 Å². The number of hydrogen-bond donors (Lipinski definition) is 0. The van der Waals surface area contributed by atoms with Crippen molar-refractivity contribution < 1.29 is 4.74 Å².